The van der Waals surface area contributed by atoms with Crippen molar-refractivity contribution in [1.29, 1.82) is 0 Å². The summed E-state index contributed by atoms with van der Waals surface area (Å²) in [4.78, 5) is 38.7. The van der Waals surface area contributed by atoms with Crippen molar-refractivity contribution in [2.24, 2.45) is 11.8 Å². The first-order chi connectivity index (χ1) is 21.0. The van der Waals surface area contributed by atoms with Gasteiger partial charge in [-0.3, -0.25) is 9.59 Å². The van der Waals surface area contributed by atoms with Crippen molar-refractivity contribution in [3.8, 4) is 11.1 Å². The number of benzene rings is 3. The fourth-order valence-corrected chi connectivity index (χ4v) is 5.72. The lowest BCUT2D eigenvalue weighted by Gasteiger charge is -2.20. The highest BCUT2D eigenvalue weighted by Gasteiger charge is 2.37. The van der Waals surface area contributed by atoms with Gasteiger partial charge in [-0.05, 0) is 75.1 Å². The van der Waals surface area contributed by atoms with Gasteiger partial charge < -0.3 is 25.1 Å². The Labute approximate surface area is 260 Å². The van der Waals surface area contributed by atoms with Crippen molar-refractivity contribution in [3.05, 3.63) is 88.9 Å². The Kier molecular flexibility index (Phi) is 9.25. The van der Waals surface area contributed by atoms with E-state index in [-0.39, 0.29) is 35.5 Å². The average Bonchev–Trinajstić information content (AvgIpc) is 3.66. The summed E-state index contributed by atoms with van der Waals surface area (Å²) in [6.07, 6.45) is 2.96. The molecule has 3 N–H and O–H groups in total. The van der Waals surface area contributed by atoms with Crippen LogP contribution < -0.4 is 16.0 Å². The summed E-state index contributed by atoms with van der Waals surface area (Å²) in [6, 6.07) is 17.8. The monoisotopic (exact) mass is 619 g/mol. The quantitative estimate of drug-likeness (QED) is 0.188. The molecule has 1 aliphatic carbocycles. The Morgan fingerprint density at radius 3 is 2.48 bits per heavy atom. The molecule has 0 aliphatic heterocycles. The molecule has 1 heterocycles. The van der Waals surface area contributed by atoms with Crippen molar-refractivity contribution in [2.75, 3.05) is 5.32 Å². The zero-order chi connectivity index (χ0) is 31.4. The SMILES string of the molecule is CC(C)(C)OC(=O)NCc1cccc(-c2cc(NC(=O)[C@@H]3CCC[C@H]3C(=O)NCc3cccc(Cl)c3F)cc3ccoc23)c1. The first kappa shape index (κ1) is 31.1. The lowest BCUT2D eigenvalue weighted by Crippen LogP contribution is -2.37. The molecule has 0 unspecified atom stereocenters. The number of anilines is 1. The van der Waals surface area contributed by atoms with Crippen LogP contribution >= 0.6 is 11.6 Å². The van der Waals surface area contributed by atoms with Gasteiger partial charge in [0, 0.05) is 47.1 Å². The minimum absolute atomic E-state index is 0.00646. The molecule has 1 aromatic heterocycles. The number of halogens is 2. The van der Waals surface area contributed by atoms with E-state index in [1.54, 1.807) is 39.2 Å². The van der Waals surface area contributed by atoms with E-state index in [0.29, 0.717) is 24.1 Å². The second-order valence-electron chi connectivity index (χ2n) is 12.0. The van der Waals surface area contributed by atoms with Gasteiger partial charge in [-0.25, -0.2) is 9.18 Å². The summed E-state index contributed by atoms with van der Waals surface area (Å²) in [5.41, 5.74) is 3.40. The van der Waals surface area contributed by atoms with Crippen molar-refractivity contribution >= 4 is 46.2 Å². The molecule has 1 fully saturated rings. The Bertz CT molecular complexity index is 1700. The van der Waals surface area contributed by atoms with E-state index < -0.39 is 29.3 Å². The highest BCUT2D eigenvalue weighted by Crippen LogP contribution is 2.36. The summed E-state index contributed by atoms with van der Waals surface area (Å²) < 4.78 is 25.4. The zero-order valence-corrected chi connectivity index (χ0v) is 25.6. The fraction of sp³-hybridized carbons (Fsp3) is 0.324. The van der Waals surface area contributed by atoms with E-state index in [4.69, 9.17) is 20.8 Å². The highest BCUT2D eigenvalue weighted by molar-refractivity contribution is 6.30. The van der Waals surface area contributed by atoms with Crippen LogP contribution in [0.15, 0.2) is 71.3 Å². The number of ether oxygens (including phenoxy) is 1. The van der Waals surface area contributed by atoms with Crippen LogP contribution in [0.25, 0.3) is 22.1 Å². The molecular formula is C34H35ClFN3O5. The summed E-state index contributed by atoms with van der Waals surface area (Å²) in [6.45, 7) is 5.68. The van der Waals surface area contributed by atoms with Crippen LogP contribution in [0.5, 0.6) is 0 Å². The van der Waals surface area contributed by atoms with Gasteiger partial charge in [-0.15, -0.1) is 0 Å². The van der Waals surface area contributed by atoms with Gasteiger partial charge in [0.25, 0.3) is 0 Å². The van der Waals surface area contributed by atoms with E-state index in [1.165, 1.54) is 6.07 Å². The molecule has 1 saturated carbocycles. The predicted octanol–water partition coefficient (Wildman–Crippen LogP) is 7.59. The number of alkyl carbamates (subject to hydrolysis) is 1. The third kappa shape index (κ3) is 7.39. The van der Waals surface area contributed by atoms with Gasteiger partial charge in [0.2, 0.25) is 11.8 Å². The summed E-state index contributed by atoms with van der Waals surface area (Å²) >= 11 is 5.86. The predicted molar refractivity (Wildman–Crippen MR) is 167 cm³/mol. The number of carbonyl (C=O) groups excluding carboxylic acids is 3. The Morgan fingerprint density at radius 2 is 1.70 bits per heavy atom. The molecule has 2 atom stereocenters. The van der Waals surface area contributed by atoms with Crippen LogP contribution in [0.2, 0.25) is 5.02 Å². The van der Waals surface area contributed by atoms with Gasteiger partial charge in [-0.1, -0.05) is 48.4 Å². The largest absolute Gasteiger partial charge is 0.464 e. The second-order valence-corrected chi connectivity index (χ2v) is 12.4. The lowest BCUT2D eigenvalue weighted by atomic mass is 9.93. The number of nitrogens with one attached hydrogen (secondary N) is 3. The third-order valence-electron chi connectivity index (χ3n) is 7.57. The van der Waals surface area contributed by atoms with Gasteiger partial charge in [0.15, 0.2) is 0 Å². The van der Waals surface area contributed by atoms with E-state index in [9.17, 15) is 18.8 Å². The van der Waals surface area contributed by atoms with Crippen LogP contribution in [0.4, 0.5) is 14.9 Å². The maximum Gasteiger partial charge on any atom is 0.407 e. The molecule has 3 aromatic carbocycles. The van der Waals surface area contributed by atoms with Gasteiger partial charge in [0.05, 0.1) is 11.3 Å². The van der Waals surface area contributed by atoms with Crippen LogP contribution in [-0.2, 0) is 27.4 Å². The topological polar surface area (TPSA) is 110 Å². The maximum atomic E-state index is 14.3. The lowest BCUT2D eigenvalue weighted by molar-refractivity contribution is -0.131. The van der Waals surface area contributed by atoms with Crippen LogP contribution in [-0.4, -0.2) is 23.5 Å². The maximum absolute atomic E-state index is 14.3. The molecule has 1 aliphatic rings. The first-order valence-corrected chi connectivity index (χ1v) is 14.9. The van der Waals surface area contributed by atoms with Gasteiger partial charge in [0.1, 0.15) is 17.0 Å². The Hall–Kier alpha value is -4.37. The minimum atomic E-state index is -0.597. The Balaban J connectivity index is 1.29. The molecule has 4 aromatic rings. The molecule has 0 bridgehead atoms. The van der Waals surface area contributed by atoms with Crippen molar-refractivity contribution in [1.82, 2.24) is 10.6 Å². The number of fused-ring (bicyclic) bond motifs is 1. The van der Waals surface area contributed by atoms with E-state index in [2.05, 4.69) is 16.0 Å². The fourth-order valence-electron chi connectivity index (χ4n) is 5.53. The molecule has 3 amide bonds. The molecule has 10 heteroatoms. The number of hydrogen-bond acceptors (Lipinski definition) is 5. The summed E-state index contributed by atoms with van der Waals surface area (Å²) in [5, 5.41) is 9.37. The molecule has 0 saturated heterocycles. The molecule has 44 heavy (non-hydrogen) atoms. The number of carbonyl (C=O) groups is 3. The van der Waals surface area contributed by atoms with Crippen molar-refractivity contribution in [2.45, 2.75) is 58.7 Å². The summed E-state index contributed by atoms with van der Waals surface area (Å²) in [5.74, 6) is -2.15. The summed E-state index contributed by atoms with van der Waals surface area (Å²) in [7, 11) is 0. The van der Waals surface area contributed by atoms with Gasteiger partial charge >= 0.3 is 6.09 Å². The average molecular weight is 620 g/mol. The minimum Gasteiger partial charge on any atom is -0.464 e. The van der Waals surface area contributed by atoms with E-state index >= 15 is 0 Å². The standard InChI is InChI=1S/C34H35ClFN3O5/c1-34(2,3)44-33(42)38-18-20-7-4-8-21(15-20)27-17-24(16-22-13-14-43-30(22)27)39-32(41)26-11-6-10-25(26)31(40)37-19-23-9-5-12-28(35)29(23)36/h4-5,7-9,12-17,25-26H,6,10-11,18-19H2,1-3H3,(H,37,40)(H,38,42)(H,39,41)/t25-,26-/m1/s1. The third-order valence-corrected chi connectivity index (χ3v) is 7.86. The molecule has 0 radical (unpaired) electrons. The van der Waals surface area contributed by atoms with Crippen LogP contribution in [0.3, 0.4) is 0 Å². The number of furan rings is 1. The van der Waals surface area contributed by atoms with Gasteiger partial charge in [-0.2, -0.15) is 0 Å². The van der Waals surface area contributed by atoms with E-state index in [0.717, 1.165) is 28.5 Å². The molecule has 8 nitrogen and oxygen atoms in total. The molecule has 230 valence electrons. The van der Waals surface area contributed by atoms with Crippen LogP contribution in [0.1, 0.15) is 51.2 Å². The number of rotatable bonds is 8. The van der Waals surface area contributed by atoms with Crippen molar-refractivity contribution in [3.63, 3.8) is 0 Å². The number of hydrogen-bond donors (Lipinski definition) is 3. The molecular weight excluding hydrogens is 585 g/mol. The first-order valence-electron chi connectivity index (χ1n) is 14.6. The zero-order valence-electron chi connectivity index (χ0n) is 24.8. The molecule has 5 rings (SSSR count). The normalized spacial score (nSPS) is 16.5. The Morgan fingerprint density at radius 1 is 0.955 bits per heavy atom. The number of amides is 3. The molecule has 0 spiro atoms. The highest BCUT2D eigenvalue weighted by atomic mass is 35.5. The second kappa shape index (κ2) is 13.1. The van der Waals surface area contributed by atoms with Crippen molar-refractivity contribution < 1.29 is 27.9 Å². The smallest absolute Gasteiger partial charge is 0.407 e. The van der Waals surface area contributed by atoms with E-state index in [1.807, 2.05) is 42.5 Å². The van der Waals surface area contributed by atoms with Crippen LogP contribution in [0, 0.1) is 17.7 Å².